The third-order valence-electron chi connectivity index (χ3n) is 4.21. The van der Waals surface area contributed by atoms with Crippen molar-refractivity contribution in [2.24, 2.45) is 0 Å². The number of hydrogen-bond donors (Lipinski definition) is 0. The highest BCUT2D eigenvalue weighted by Crippen LogP contribution is 2.43. The number of benzene rings is 1. The van der Waals surface area contributed by atoms with Gasteiger partial charge in [-0.25, -0.2) is 0 Å². The van der Waals surface area contributed by atoms with E-state index in [4.69, 9.17) is 4.42 Å². The highest BCUT2D eigenvalue weighted by Gasteiger charge is 2.31. The smallest absolute Gasteiger partial charge is 0.247 e. The van der Waals surface area contributed by atoms with Gasteiger partial charge in [-0.2, -0.15) is 0 Å². The number of rotatable bonds is 6. The average Bonchev–Trinajstić information content (AvgIpc) is 3.17. The summed E-state index contributed by atoms with van der Waals surface area (Å²) < 4.78 is 8.17. The Balaban J connectivity index is 1.55. The molecule has 4 rings (SSSR count). The van der Waals surface area contributed by atoms with Crippen molar-refractivity contribution in [3.63, 3.8) is 0 Å². The summed E-state index contributed by atoms with van der Waals surface area (Å²) in [6, 6.07) is 10.4. The Morgan fingerprint density at radius 2 is 1.80 bits per heavy atom. The van der Waals surface area contributed by atoms with Crippen LogP contribution >= 0.6 is 11.8 Å². The third-order valence-corrected chi connectivity index (χ3v) is 5.26. The largest absolute Gasteiger partial charge is 0.419 e. The second kappa shape index (κ2) is 6.63. The lowest BCUT2D eigenvalue weighted by atomic mass is 10.2. The molecule has 1 fully saturated rings. The van der Waals surface area contributed by atoms with Crippen molar-refractivity contribution in [3.05, 3.63) is 42.0 Å². The molecule has 1 aliphatic carbocycles. The summed E-state index contributed by atoms with van der Waals surface area (Å²) in [7, 11) is 0. The van der Waals surface area contributed by atoms with Gasteiger partial charge in [0, 0.05) is 17.5 Å². The molecular formula is C18H21N5OS. The van der Waals surface area contributed by atoms with Crippen LogP contribution in [0.4, 0.5) is 0 Å². The summed E-state index contributed by atoms with van der Waals surface area (Å²) in [5.41, 5.74) is 0.932. The van der Waals surface area contributed by atoms with Gasteiger partial charge in [0.15, 0.2) is 5.16 Å². The quantitative estimate of drug-likeness (QED) is 0.600. The predicted molar refractivity (Wildman–Crippen MR) is 96.4 cm³/mol. The summed E-state index contributed by atoms with van der Waals surface area (Å²) in [5.74, 6) is 2.59. The first kappa shape index (κ1) is 16.3. The normalized spacial score (nSPS) is 15.7. The Morgan fingerprint density at radius 1 is 1.04 bits per heavy atom. The maximum Gasteiger partial charge on any atom is 0.247 e. The van der Waals surface area contributed by atoms with Gasteiger partial charge in [-0.1, -0.05) is 43.8 Å². The molecule has 2 heterocycles. The lowest BCUT2D eigenvalue weighted by molar-refractivity contribution is 0.508. The second-order valence-corrected chi connectivity index (χ2v) is 7.98. The van der Waals surface area contributed by atoms with E-state index >= 15 is 0 Å². The zero-order chi connectivity index (χ0) is 17.4. The molecule has 0 radical (unpaired) electrons. The molecule has 0 spiro atoms. The SMILES string of the molecule is CC(C)c1nnc(S[C@@H](C)c2nnc(-c3ccccc3)o2)n1C1CC1. The van der Waals surface area contributed by atoms with Crippen molar-refractivity contribution < 1.29 is 4.42 Å². The third kappa shape index (κ3) is 3.33. The molecule has 0 unspecified atom stereocenters. The summed E-state index contributed by atoms with van der Waals surface area (Å²) in [6.07, 6.45) is 2.41. The zero-order valence-corrected chi connectivity index (χ0v) is 15.4. The molecule has 25 heavy (non-hydrogen) atoms. The van der Waals surface area contributed by atoms with E-state index in [2.05, 4.69) is 45.7 Å². The summed E-state index contributed by atoms with van der Waals surface area (Å²) in [6.45, 7) is 6.38. The highest BCUT2D eigenvalue weighted by atomic mass is 32.2. The fraction of sp³-hybridized carbons (Fsp3) is 0.444. The molecule has 1 aliphatic rings. The monoisotopic (exact) mass is 355 g/mol. The van der Waals surface area contributed by atoms with Crippen LogP contribution in [0.5, 0.6) is 0 Å². The van der Waals surface area contributed by atoms with Gasteiger partial charge in [0.25, 0.3) is 0 Å². The van der Waals surface area contributed by atoms with E-state index in [1.807, 2.05) is 30.3 Å². The van der Waals surface area contributed by atoms with Gasteiger partial charge in [-0.3, -0.25) is 0 Å². The van der Waals surface area contributed by atoms with Crippen LogP contribution in [0.1, 0.15) is 62.5 Å². The topological polar surface area (TPSA) is 69.6 Å². The van der Waals surface area contributed by atoms with Crippen molar-refractivity contribution in [1.29, 1.82) is 0 Å². The standard InChI is InChI=1S/C18H21N5OS/c1-11(2)15-19-22-18(23(15)14-9-10-14)25-12(3)16-20-21-17(24-16)13-7-5-4-6-8-13/h4-8,11-12,14H,9-10H2,1-3H3/t12-/m0/s1. The molecule has 0 N–H and O–H groups in total. The Labute approximate surface area is 151 Å². The summed E-state index contributed by atoms with van der Waals surface area (Å²) in [4.78, 5) is 0. The highest BCUT2D eigenvalue weighted by molar-refractivity contribution is 7.99. The van der Waals surface area contributed by atoms with E-state index in [-0.39, 0.29) is 5.25 Å². The minimum absolute atomic E-state index is 0.0201. The molecule has 0 saturated heterocycles. The van der Waals surface area contributed by atoms with Crippen LogP contribution in [0.25, 0.3) is 11.5 Å². The zero-order valence-electron chi connectivity index (χ0n) is 14.6. The van der Waals surface area contributed by atoms with Crippen molar-refractivity contribution >= 4 is 11.8 Å². The lowest BCUT2D eigenvalue weighted by Crippen LogP contribution is -2.05. The van der Waals surface area contributed by atoms with E-state index in [9.17, 15) is 0 Å². The fourth-order valence-corrected chi connectivity index (χ4v) is 3.70. The first-order valence-corrected chi connectivity index (χ1v) is 9.51. The van der Waals surface area contributed by atoms with Crippen LogP contribution in [0.2, 0.25) is 0 Å². The molecule has 6 nitrogen and oxygen atoms in total. The summed E-state index contributed by atoms with van der Waals surface area (Å²) in [5, 5.41) is 18.2. The van der Waals surface area contributed by atoms with E-state index in [0.29, 0.717) is 23.7 Å². The maximum atomic E-state index is 5.87. The fourth-order valence-electron chi connectivity index (χ4n) is 2.74. The first-order chi connectivity index (χ1) is 12.1. The van der Waals surface area contributed by atoms with E-state index < -0.39 is 0 Å². The Kier molecular flexibility index (Phi) is 4.33. The van der Waals surface area contributed by atoms with E-state index in [1.165, 1.54) is 12.8 Å². The number of hydrogen-bond acceptors (Lipinski definition) is 6. The second-order valence-electron chi connectivity index (χ2n) is 6.67. The predicted octanol–water partition coefficient (Wildman–Crippen LogP) is 4.64. The minimum atomic E-state index is 0.0201. The van der Waals surface area contributed by atoms with Gasteiger partial charge in [-0.05, 0) is 31.9 Å². The Hall–Kier alpha value is -2.15. The lowest BCUT2D eigenvalue weighted by Gasteiger charge is -2.12. The Morgan fingerprint density at radius 3 is 2.48 bits per heavy atom. The number of aromatic nitrogens is 5. The maximum absolute atomic E-state index is 5.87. The number of nitrogens with zero attached hydrogens (tertiary/aromatic N) is 5. The molecule has 0 bridgehead atoms. The van der Waals surface area contributed by atoms with Gasteiger partial charge in [-0.15, -0.1) is 20.4 Å². The average molecular weight is 355 g/mol. The van der Waals surface area contributed by atoms with Crippen LogP contribution in [-0.2, 0) is 0 Å². The molecule has 130 valence electrons. The van der Waals surface area contributed by atoms with Crippen molar-refractivity contribution in [2.45, 2.75) is 56.0 Å². The van der Waals surface area contributed by atoms with E-state index in [1.54, 1.807) is 11.8 Å². The van der Waals surface area contributed by atoms with Gasteiger partial charge in [0.2, 0.25) is 11.8 Å². The minimum Gasteiger partial charge on any atom is -0.419 e. The van der Waals surface area contributed by atoms with Crippen LogP contribution in [-0.4, -0.2) is 25.0 Å². The molecule has 1 aromatic carbocycles. The van der Waals surface area contributed by atoms with Gasteiger partial charge >= 0.3 is 0 Å². The van der Waals surface area contributed by atoms with Gasteiger partial charge in [0.1, 0.15) is 5.82 Å². The molecule has 3 aromatic rings. The van der Waals surface area contributed by atoms with E-state index in [0.717, 1.165) is 16.5 Å². The number of thioether (sulfide) groups is 1. The first-order valence-electron chi connectivity index (χ1n) is 8.63. The molecule has 7 heteroatoms. The molecule has 1 atom stereocenters. The molecule has 0 aliphatic heterocycles. The van der Waals surface area contributed by atoms with Crippen LogP contribution in [0, 0.1) is 0 Å². The summed E-state index contributed by atoms with van der Waals surface area (Å²) >= 11 is 1.63. The molecule has 2 aromatic heterocycles. The molecule has 0 amide bonds. The van der Waals surface area contributed by atoms with Crippen LogP contribution in [0.3, 0.4) is 0 Å². The van der Waals surface area contributed by atoms with Gasteiger partial charge < -0.3 is 8.98 Å². The van der Waals surface area contributed by atoms with Gasteiger partial charge in [0.05, 0.1) is 5.25 Å². The van der Waals surface area contributed by atoms with Crippen molar-refractivity contribution in [1.82, 2.24) is 25.0 Å². The van der Waals surface area contributed by atoms with Crippen LogP contribution in [0.15, 0.2) is 39.9 Å². The Bertz CT molecular complexity index is 853. The molecule has 1 saturated carbocycles. The molecular weight excluding hydrogens is 334 g/mol. The van der Waals surface area contributed by atoms with Crippen LogP contribution < -0.4 is 0 Å². The van der Waals surface area contributed by atoms with Crippen molar-refractivity contribution in [3.8, 4) is 11.5 Å². The van der Waals surface area contributed by atoms with Crippen molar-refractivity contribution in [2.75, 3.05) is 0 Å².